The molecule has 0 fully saturated rings. The molecule has 1 aromatic rings. The van der Waals surface area contributed by atoms with Gasteiger partial charge in [-0.15, -0.1) is 0 Å². The quantitative estimate of drug-likeness (QED) is 0.769. The van der Waals surface area contributed by atoms with Crippen molar-refractivity contribution in [3.05, 3.63) is 29.8 Å². The first-order valence-corrected chi connectivity index (χ1v) is 5.75. The van der Waals surface area contributed by atoms with Crippen LogP contribution < -0.4 is 10.1 Å². The van der Waals surface area contributed by atoms with E-state index < -0.39 is 12.6 Å². The Bertz CT molecular complexity index is 429. The fraction of sp³-hybridized carbons (Fsp3) is 0.385. The number of methoxy groups -OCH3 is 1. The Kier molecular flexibility index (Phi) is 5.81. The van der Waals surface area contributed by atoms with E-state index >= 15 is 0 Å². The van der Waals surface area contributed by atoms with Gasteiger partial charge in [0, 0.05) is 0 Å². The Morgan fingerprint density at radius 1 is 1.26 bits per heavy atom. The van der Waals surface area contributed by atoms with E-state index in [0.29, 0.717) is 0 Å². The van der Waals surface area contributed by atoms with Crippen LogP contribution in [-0.4, -0.2) is 37.3 Å². The number of carboxylic acid groups (broad SMARTS) is 1. The average Bonchev–Trinajstić information content (AvgIpc) is 2.38. The highest BCUT2D eigenvalue weighted by molar-refractivity contribution is 5.78. The summed E-state index contributed by atoms with van der Waals surface area (Å²) in [5, 5.41) is 11.1. The molecule has 6 nitrogen and oxygen atoms in total. The third-order valence-corrected chi connectivity index (χ3v) is 2.45. The zero-order valence-electron chi connectivity index (χ0n) is 10.9. The number of carbonyl (C=O) groups excluding carboxylic acids is 1. The van der Waals surface area contributed by atoms with E-state index in [1.54, 1.807) is 19.2 Å². The minimum atomic E-state index is -1.10. The Balaban J connectivity index is 2.42. The van der Waals surface area contributed by atoms with Crippen LogP contribution in [0, 0.1) is 0 Å². The number of hydrogen-bond acceptors (Lipinski definition) is 4. The summed E-state index contributed by atoms with van der Waals surface area (Å²) in [6.45, 7) is 1.08. The monoisotopic (exact) mass is 267 g/mol. The van der Waals surface area contributed by atoms with Gasteiger partial charge in [-0.05, 0) is 24.6 Å². The van der Waals surface area contributed by atoms with Gasteiger partial charge >= 0.3 is 5.97 Å². The molecule has 0 radical (unpaired) electrons. The molecule has 6 heteroatoms. The number of ether oxygens (including phenoxy) is 2. The van der Waals surface area contributed by atoms with Gasteiger partial charge in [-0.2, -0.15) is 0 Å². The van der Waals surface area contributed by atoms with Crippen LogP contribution in [0.4, 0.5) is 0 Å². The molecule has 1 amide bonds. The average molecular weight is 267 g/mol. The van der Waals surface area contributed by atoms with E-state index in [1.165, 1.54) is 0 Å². The molecule has 19 heavy (non-hydrogen) atoms. The predicted octanol–water partition coefficient (Wildman–Crippen LogP) is 0.974. The van der Waals surface area contributed by atoms with Gasteiger partial charge in [0.25, 0.3) is 0 Å². The summed E-state index contributed by atoms with van der Waals surface area (Å²) in [4.78, 5) is 21.7. The molecule has 0 bridgehead atoms. The molecular formula is C13H17NO5. The van der Waals surface area contributed by atoms with Crippen LogP contribution in [0.5, 0.6) is 5.75 Å². The lowest BCUT2D eigenvalue weighted by molar-refractivity contribution is -0.143. The molecule has 2 N–H and O–H groups in total. The van der Waals surface area contributed by atoms with Gasteiger partial charge in [0.05, 0.1) is 13.2 Å². The first-order chi connectivity index (χ1) is 9.02. The van der Waals surface area contributed by atoms with Crippen molar-refractivity contribution in [2.24, 2.45) is 0 Å². The summed E-state index contributed by atoms with van der Waals surface area (Å²) in [6, 6.07) is 7.12. The third-order valence-electron chi connectivity index (χ3n) is 2.45. The number of nitrogens with one attached hydrogen (secondary N) is 1. The highest BCUT2D eigenvalue weighted by atomic mass is 16.5. The van der Waals surface area contributed by atoms with Gasteiger partial charge in [-0.1, -0.05) is 12.1 Å². The number of amides is 1. The van der Waals surface area contributed by atoms with Gasteiger partial charge in [0.1, 0.15) is 19.0 Å². The van der Waals surface area contributed by atoms with Crippen LogP contribution in [0.1, 0.15) is 18.5 Å². The van der Waals surface area contributed by atoms with Crippen molar-refractivity contribution in [2.45, 2.75) is 13.0 Å². The summed E-state index contributed by atoms with van der Waals surface area (Å²) in [6.07, 6.45) is 0. The predicted molar refractivity (Wildman–Crippen MR) is 68.0 cm³/mol. The molecular weight excluding hydrogens is 250 g/mol. The van der Waals surface area contributed by atoms with Crippen molar-refractivity contribution >= 4 is 11.9 Å². The number of benzene rings is 1. The summed E-state index contributed by atoms with van der Waals surface area (Å²) in [5.41, 5.74) is 0.924. The molecule has 0 aromatic heterocycles. The Morgan fingerprint density at radius 3 is 2.42 bits per heavy atom. The maximum atomic E-state index is 11.5. The SMILES string of the molecule is COc1ccc([C@H](C)NC(=O)COCC(=O)O)cc1. The second kappa shape index (κ2) is 7.38. The number of carbonyl (C=O) groups is 2. The van der Waals surface area contributed by atoms with Crippen LogP contribution in [0.15, 0.2) is 24.3 Å². The molecule has 0 saturated carbocycles. The van der Waals surface area contributed by atoms with Crippen LogP contribution in [-0.2, 0) is 14.3 Å². The molecule has 0 aliphatic heterocycles. The van der Waals surface area contributed by atoms with Gasteiger partial charge in [-0.25, -0.2) is 4.79 Å². The van der Waals surface area contributed by atoms with Crippen molar-refractivity contribution in [2.75, 3.05) is 20.3 Å². The topological polar surface area (TPSA) is 84.9 Å². The van der Waals surface area contributed by atoms with Crippen LogP contribution >= 0.6 is 0 Å². The van der Waals surface area contributed by atoms with Crippen molar-refractivity contribution in [1.82, 2.24) is 5.32 Å². The first kappa shape index (κ1) is 15.0. The summed E-state index contributed by atoms with van der Waals surface area (Å²) < 4.78 is 9.74. The van der Waals surface area contributed by atoms with Gasteiger partial charge in [-0.3, -0.25) is 4.79 Å². The Hall–Kier alpha value is -2.08. The van der Waals surface area contributed by atoms with E-state index in [-0.39, 0.29) is 18.6 Å². The molecule has 0 spiro atoms. The highest BCUT2D eigenvalue weighted by Gasteiger charge is 2.10. The molecule has 0 saturated heterocycles. The summed E-state index contributed by atoms with van der Waals surface area (Å²) >= 11 is 0. The van der Waals surface area contributed by atoms with Crippen molar-refractivity contribution in [1.29, 1.82) is 0 Å². The number of carboxylic acids is 1. The lowest BCUT2D eigenvalue weighted by atomic mass is 10.1. The Labute approximate surface area is 111 Å². The third kappa shape index (κ3) is 5.39. The standard InChI is InChI=1S/C13H17NO5/c1-9(10-3-5-11(18-2)6-4-10)14-12(15)7-19-8-13(16)17/h3-6,9H,7-8H2,1-2H3,(H,14,15)(H,16,17)/t9-/m0/s1. The van der Waals surface area contributed by atoms with E-state index in [2.05, 4.69) is 5.32 Å². The fourth-order valence-electron chi connectivity index (χ4n) is 1.49. The van der Waals surface area contributed by atoms with E-state index in [1.807, 2.05) is 19.1 Å². The van der Waals surface area contributed by atoms with Crippen LogP contribution in [0.2, 0.25) is 0 Å². The van der Waals surface area contributed by atoms with E-state index in [4.69, 9.17) is 14.6 Å². The Morgan fingerprint density at radius 2 is 1.89 bits per heavy atom. The highest BCUT2D eigenvalue weighted by Crippen LogP contribution is 2.16. The number of hydrogen-bond donors (Lipinski definition) is 2. The van der Waals surface area contributed by atoms with Gasteiger partial charge in [0.15, 0.2) is 0 Å². The smallest absolute Gasteiger partial charge is 0.329 e. The number of rotatable bonds is 7. The van der Waals surface area contributed by atoms with Gasteiger partial charge < -0.3 is 19.9 Å². The minimum absolute atomic E-state index is 0.188. The molecule has 1 aromatic carbocycles. The van der Waals surface area contributed by atoms with Crippen molar-refractivity contribution in [3.63, 3.8) is 0 Å². The molecule has 0 aliphatic carbocycles. The maximum absolute atomic E-state index is 11.5. The molecule has 0 unspecified atom stereocenters. The zero-order valence-corrected chi connectivity index (χ0v) is 10.9. The zero-order chi connectivity index (χ0) is 14.3. The van der Waals surface area contributed by atoms with Crippen LogP contribution in [0.25, 0.3) is 0 Å². The normalized spacial score (nSPS) is 11.7. The maximum Gasteiger partial charge on any atom is 0.329 e. The second-order valence-electron chi connectivity index (χ2n) is 3.95. The first-order valence-electron chi connectivity index (χ1n) is 5.75. The van der Waals surface area contributed by atoms with Crippen LogP contribution in [0.3, 0.4) is 0 Å². The molecule has 1 atom stereocenters. The lowest BCUT2D eigenvalue weighted by Gasteiger charge is -2.14. The molecule has 104 valence electrons. The molecule has 0 heterocycles. The molecule has 0 aliphatic rings. The van der Waals surface area contributed by atoms with E-state index in [9.17, 15) is 9.59 Å². The summed E-state index contributed by atoms with van der Waals surface area (Å²) in [5.74, 6) is -0.715. The number of aliphatic carboxylic acids is 1. The molecule has 1 rings (SSSR count). The van der Waals surface area contributed by atoms with Gasteiger partial charge in [0.2, 0.25) is 5.91 Å². The lowest BCUT2D eigenvalue weighted by Crippen LogP contribution is -2.30. The fourth-order valence-corrected chi connectivity index (χ4v) is 1.49. The largest absolute Gasteiger partial charge is 0.497 e. The minimum Gasteiger partial charge on any atom is -0.497 e. The van der Waals surface area contributed by atoms with Crippen molar-refractivity contribution < 1.29 is 24.2 Å². The summed E-state index contributed by atoms with van der Waals surface area (Å²) in [7, 11) is 1.58. The second-order valence-corrected chi connectivity index (χ2v) is 3.95. The van der Waals surface area contributed by atoms with E-state index in [0.717, 1.165) is 11.3 Å². The van der Waals surface area contributed by atoms with Crippen molar-refractivity contribution in [3.8, 4) is 5.75 Å².